The van der Waals surface area contributed by atoms with Gasteiger partial charge in [0.25, 0.3) is 5.91 Å². The lowest BCUT2D eigenvalue weighted by Crippen LogP contribution is -2.55. The Hall–Kier alpha value is -4.69. The number of rotatable bonds is 10. The molecule has 1 aromatic carbocycles. The number of esters is 1. The molecular formula is C29H44N8O7. The van der Waals surface area contributed by atoms with Crippen LogP contribution in [0.5, 0.6) is 0 Å². The standard InChI is InChI=1S/C29H44N8O7/c1-4-6-13-44-24(39)15-21-26(41)33-16-18-9-7-10-19(14-18)25(40)36-20(5-2)28(43)37(3)22(11-8-12-32-29(30)31)27(42)34-17-23(38)35-21/h7,9-10,14,20-22H,4-6,8,11-13,15-17H2,1-3H3,(H,33,41)(H,34,42)(H,35,38)(H,36,40)(H4,30,31,32)/t20-,21+,22+/m1/s1. The summed E-state index contributed by atoms with van der Waals surface area (Å²) >= 11 is 0. The van der Waals surface area contributed by atoms with Gasteiger partial charge in [-0.2, -0.15) is 0 Å². The Bertz CT molecular complexity index is 1220. The van der Waals surface area contributed by atoms with Crippen molar-refractivity contribution in [3.8, 4) is 0 Å². The smallest absolute Gasteiger partial charge is 0.308 e. The second-order valence-electron chi connectivity index (χ2n) is 10.4. The number of nitrogens with two attached hydrogens (primary N) is 2. The maximum atomic E-state index is 13.5. The number of guanidine groups is 1. The molecule has 242 valence electrons. The number of hydrogen-bond acceptors (Lipinski definition) is 8. The molecule has 2 bridgehead atoms. The van der Waals surface area contributed by atoms with Crippen LogP contribution in [0.25, 0.3) is 0 Å². The number of fused-ring (bicyclic) bond motifs is 2. The summed E-state index contributed by atoms with van der Waals surface area (Å²) in [5.74, 6) is -3.83. The number of likely N-dealkylation sites (N-methyl/N-ethyl adjacent to an activating group) is 1. The molecule has 0 spiro atoms. The van der Waals surface area contributed by atoms with Gasteiger partial charge in [-0.05, 0) is 43.4 Å². The fourth-order valence-corrected chi connectivity index (χ4v) is 4.40. The number of benzene rings is 1. The molecule has 0 aromatic heterocycles. The minimum atomic E-state index is -1.29. The summed E-state index contributed by atoms with van der Waals surface area (Å²) in [6.07, 6.45) is 1.75. The van der Waals surface area contributed by atoms with Crippen LogP contribution in [0.2, 0.25) is 0 Å². The van der Waals surface area contributed by atoms with E-state index in [1.165, 1.54) is 11.9 Å². The second kappa shape index (κ2) is 18.1. The molecule has 8 N–H and O–H groups in total. The Morgan fingerprint density at radius 2 is 1.73 bits per heavy atom. The molecule has 1 aliphatic rings. The lowest BCUT2D eigenvalue weighted by molar-refractivity contribution is -0.146. The van der Waals surface area contributed by atoms with Gasteiger partial charge in [-0.1, -0.05) is 32.4 Å². The second-order valence-corrected chi connectivity index (χ2v) is 10.4. The van der Waals surface area contributed by atoms with Gasteiger partial charge in [-0.3, -0.25) is 33.8 Å². The van der Waals surface area contributed by atoms with Crippen LogP contribution in [0.4, 0.5) is 0 Å². The number of carbonyl (C=O) groups is 6. The quantitative estimate of drug-likeness (QED) is 0.0822. The molecule has 15 heteroatoms. The van der Waals surface area contributed by atoms with Gasteiger partial charge in [0.15, 0.2) is 5.96 Å². The average Bonchev–Trinajstić information content (AvgIpc) is 3.00. The Labute approximate surface area is 256 Å². The van der Waals surface area contributed by atoms with Gasteiger partial charge in [0, 0.05) is 25.7 Å². The average molecular weight is 617 g/mol. The first-order chi connectivity index (χ1) is 21.0. The molecule has 1 heterocycles. The monoisotopic (exact) mass is 616 g/mol. The third-order valence-electron chi connectivity index (χ3n) is 6.92. The van der Waals surface area contributed by atoms with Crippen molar-refractivity contribution in [3.63, 3.8) is 0 Å². The Morgan fingerprint density at radius 1 is 1.00 bits per heavy atom. The number of nitrogens with one attached hydrogen (secondary N) is 4. The predicted molar refractivity (Wildman–Crippen MR) is 162 cm³/mol. The fourth-order valence-electron chi connectivity index (χ4n) is 4.40. The molecule has 0 aliphatic carbocycles. The van der Waals surface area contributed by atoms with Crippen LogP contribution in [-0.2, 0) is 35.3 Å². The molecule has 44 heavy (non-hydrogen) atoms. The minimum Gasteiger partial charge on any atom is -0.466 e. The summed E-state index contributed by atoms with van der Waals surface area (Å²) in [6, 6.07) is 3.19. The van der Waals surface area contributed by atoms with Gasteiger partial charge in [0.1, 0.15) is 18.1 Å². The van der Waals surface area contributed by atoms with Crippen molar-refractivity contribution >= 4 is 41.5 Å². The zero-order chi connectivity index (χ0) is 32.6. The highest BCUT2D eigenvalue weighted by molar-refractivity contribution is 5.99. The van der Waals surface area contributed by atoms with Gasteiger partial charge in [0.05, 0.1) is 19.6 Å². The number of amides is 5. The van der Waals surface area contributed by atoms with E-state index in [2.05, 4.69) is 26.3 Å². The lowest BCUT2D eigenvalue weighted by atomic mass is 10.1. The normalized spacial score (nSPS) is 20.3. The van der Waals surface area contributed by atoms with Crippen molar-refractivity contribution in [1.29, 1.82) is 0 Å². The van der Waals surface area contributed by atoms with Gasteiger partial charge in [0.2, 0.25) is 23.6 Å². The molecule has 1 aliphatic heterocycles. The molecule has 1 aromatic rings. The SMILES string of the molecule is CCCCOC(=O)C[C@@H]1NC(=O)CNC(=O)[C@H](CCCN=C(N)N)N(C)C(=O)[C@@H](CC)NC(=O)c2cccc(c2)CNC1=O. The first-order valence-electron chi connectivity index (χ1n) is 14.7. The molecule has 5 amide bonds. The van der Waals surface area contributed by atoms with E-state index in [0.717, 1.165) is 6.42 Å². The predicted octanol–water partition coefficient (Wildman–Crippen LogP) is -0.960. The topological polar surface area (TPSA) is 227 Å². The van der Waals surface area contributed by atoms with Gasteiger partial charge in [-0.15, -0.1) is 0 Å². The molecule has 0 saturated heterocycles. The van der Waals surface area contributed by atoms with E-state index in [9.17, 15) is 28.8 Å². The number of ether oxygens (including phenoxy) is 1. The van der Waals surface area contributed by atoms with Crippen LogP contribution < -0.4 is 32.7 Å². The van der Waals surface area contributed by atoms with Crippen molar-refractivity contribution in [2.24, 2.45) is 16.5 Å². The van der Waals surface area contributed by atoms with E-state index in [1.54, 1.807) is 31.2 Å². The molecule has 15 nitrogen and oxygen atoms in total. The number of nitrogens with zero attached hydrogens (tertiary/aromatic N) is 2. The van der Waals surface area contributed by atoms with Crippen LogP contribution >= 0.6 is 0 Å². The largest absolute Gasteiger partial charge is 0.466 e. The van der Waals surface area contributed by atoms with Crippen molar-refractivity contribution < 1.29 is 33.5 Å². The van der Waals surface area contributed by atoms with E-state index >= 15 is 0 Å². The highest BCUT2D eigenvalue weighted by atomic mass is 16.5. The molecule has 2 rings (SSSR count). The summed E-state index contributed by atoms with van der Waals surface area (Å²) in [7, 11) is 1.44. The number of aliphatic imine (C=N–C) groups is 1. The minimum absolute atomic E-state index is 0.00561. The zero-order valence-corrected chi connectivity index (χ0v) is 25.5. The summed E-state index contributed by atoms with van der Waals surface area (Å²) in [6.45, 7) is 3.50. The van der Waals surface area contributed by atoms with Gasteiger partial charge in [-0.25, -0.2) is 0 Å². The summed E-state index contributed by atoms with van der Waals surface area (Å²) in [4.78, 5) is 83.3. The Balaban J connectivity index is 2.38. The number of hydrogen-bond donors (Lipinski definition) is 6. The third kappa shape index (κ3) is 11.5. The van der Waals surface area contributed by atoms with Gasteiger partial charge >= 0.3 is 5.97 Å². The van der Waals surface area contributed by atoms with E-state index in [0.29, 0.717) is 18.4 Å². The summed E-state index contributed by atoms with van der Waals surface area (Å²) < 4.78 is 5.17. The summed E-state index contributed by atoms with van der Waals surface area (Å²) in [5.41, 5.74) is 11.6. The molecule has 0 saturated carbocycles. The van der Waals surface area contributed by atoms with Crippen molar-refractivity contribution in [1.82, 2.24) is 26.2 Å². The van der Waals surface area contributed by atoms with Crippen LogP contribution in [0.1, 0.15) is 68.3 Å². The lowest BCUT2D eigenvalue weighted by Gasteiger charge is -2.30. The first kappa shape index (κ1) is 35.5. The maximum Gasteiger partial charge on any atom is 0.308 e. The van der Waals surface area contributed by atoms with Crippen LogP contribution in [0.3, 0.4) is 0 Å². The number of carbonyl (C=O) groups excluding carboxylic acids is 6. The first-order valence-corrected chi connectivity index (χ1v) is 14.7. The molecule has 0 unspecified atom stereocenters. The number of unbranched alkanes of at least 4 members (excludes halogenated alkanes) is 1. The Kier molecular flexibility index (Phi) is 14.6. The van der Waals surface area contributed by atoms with E-state index < -0.39 is 66.6 Å². The van der Waals surface area contributed by atoms with E-state index in [-0.39, 0.29) is 44.1 Å². The fraction of sp³-hybridized carbons (Fsp3) is 0.552. The molecule has 3 atom stereocenters. The van der Waals surface area contributed by atoms with Gasteiger partial charge < -0.3 is 42.4 Å². The van der Waals surface area contributed by atoms with Crippen molar-refractivity contribution in [2.75, 3.05) is 26.7 Å². The third-order valence-corrected chi connectivity index (χ3v) is 6.92. The van der Waals surface area contributed by atoms with Crippen LogP contribution in [0, 0.1) is 0 Å². The zero-order valence-electron chi connectivity index (χ0n) is 25.5. The molecular weight excluding hydrogens is 572 g/mol. The van der Waals surface area contributed by atoms with E-state index in [4.69, 9.17) is 16.2 Å². The molecule has 0 radical (unpaired) electrons. The van der Waals surface area contributed by atoms with Crippen LogP contribution in [-0.4, -0.2) is 91.2 Å². The highest BCUT2D eigenvalue weighted by Gasteiger charge is 2.32. The molecule has 0 fully saturated rings. The van der Waals surface area contributed by atoms with Crippen LogP contribution in [0.15, 0.2) is 29.3 Å². The van der Waals surface area contributed by atoms with Crippen molar-refractivity contribution in [3.05, 3.63) is 35.4 Å². The Morgan fingerprint density at radius 3 is 2.41 bits per heavy atom. The van der Waals surface area contributed by atoms with Crippen molar-refractivity contribution in [2.45, 2.75) is 77.0 Å². The van der Waals surface area contributed by atoms with E-state index in [1.807, 2.05) is 6.92 Å². The highest BCUT2D eigenvalue weighted by Crippen LogP contribution is 2.12. The maximum absolute atomic E-state index is 13.5. The summed E-state index contributed by atoms with van der Waals surface area (Å²) in [5, 5.41) is 10.4.